The number of fused-ring (bicyclic) bond motifs is 2. The number of ether oxygens (including phenoxy) is 1. The second kappa shape index (κ2) is 10.4. The summed E-state index contributed by atoms with van der Waals surface area (Å²) in [6.45, 7) is 4.89. The lowest BCUT2D eigenvalue weighted by Gasteiger charge is -2.62. The van der Waals surface area contributed by atoms with E-state index in [1.807, 2.05) is 6.08 Å². The largest absolute Gasteiger partial charge is 0.491 e. The second-order valence-electron chi connectivity index (χ2n) is 9.63. The second-order valence-corrected chi connectivity index (χ2v) is 9.63. The van der Waals surface area contributed by atoms with Crippen molar-refractivity contribution in [2.45, 2.75) is 58.5 Å². The minimum absolute atomic E-state index is 0.140. The molecule has 4 nitrogen and oxygen atoms in total. The van der Waals surface area contributed by atoms with Gasteiger partial charge < -0.3 is 14.9 Å². The standard InChI is InChI=1S/C26H35FO4/c1-26(2)19-15-18(9-12-21(28)17-31-22-13-10-20(27)11-14-22)23(24(26)16-19)7-5-3-4-6-8-25(29)30/h3,5,9-14,18-19,21,23-24,28H,4,6-8,15-17H2,1-2H3,(H,29,30)/b5-3+,12-9+/t18-,19-,21+,23+,24-/m0/s1. The summed E-state index contributed by atoms with van der Waals surface area (Å²) < 4.78 is 18.5. The molecule has 0 aliphatic heterocycles. The minimum Gasteiger partial charge on any atom is -0.491 e. The highest BCUT2D eigenvalue weighted by Crippen LogP contribution is 2.64. The van der Waals surface area contributed by atoms with Crippen molar-refractivity contribution in [2.24, 2.45) is 29.1 Å². The maximum absolute atomic E-state index is 13.0. The fraction of sp³-hybridized carbons (Fsp3) is 0.577. The van der Waals surface area contributed by atoms with E-state index in [0.29, 0.717) is 35.3 Å². The fourth-order valence-corrected chi connectivity index (χ4v) is 5.33. The topological polar surface area (TPSA) is 66.8 Å². The van der Waals surface area contributed by atoms with E-state index in [1.54, 1.807) is 12.1 Å². The Labute approximate surface area is 184 Å². The smallest absolute Gasteiger partial charge is 0.303 e. The van der Waals surface area contributed by atoms with Gasteiger partial charge in [-0.15, -0.1) is 0 Å². The van der Waals surface area contributed by atoms with E-state index in [1.165, 1.54) is 18.6 Å². The quantitative estimate of drug-likeness (QED) is 0.353. The average Bonchev–Trinajstić information content (AvgIpc) is 2.74. The molecule has 0 heterocycles. The van der Waals surface area contributed by atoms with Gasteiger partial charge in [0.2, 0.25) is 0 Å². The van der Waals surface area contributed by atoms with Crippen molar-refractivity contribution in [2.75, 3.05) is 6.61 Å². The predicted octanol–water partition coefficient (Wildman–Crippen LogP) is 5.62. The van der Waals surface area contributed by atoms with E-state index in [9.17, 15) is 14.3 Å². The van der Waals surface area contributed by atoms with Crippen LogP contribution in [0.4, 0.5) is 4.39 Å². The first-order chi connectivity index (χ1) is 14.8. The van der Waals surface area contributed by atoms with Crippen LogP contribution < -0.4 is 4.74 Å². The maximum Gasteiger partial charge on any atom is 0.303 e. The van der Waals surface area contributed by atoms with Crippen molar-refractivity contribution in [3.05, 3.63) is 54.4 Å². The molecular weight excluding hydrogens is 395 g/mol. The highest BCUT2D eigenvalue weighted by molar-refractivity contribution is 5.66. The van der Waals surface area contributed by atoms with Crippen LogP contribution >= 0.6 is 0 Å². The van der Waals surface area contributed by atoms with E-state index < -0.39 is 12.1 Å². The van der Waals surface area contributed by atoms with Crippen LogP contribution in [-0.4, -0.2) is 28.9 Å². The van der Waals surface area contributed by atoms with Gasteiger partial charge in [0.1, 0.15) is 24.3 Å². The number of unbranched alkanes of at least 4 members (excludes halogenated alkanes) is 1. The van der Waals surface area contributed by atoms with Crippen LogP contribution in [0, 0.1) is 34.9 Å². The van der Waals surface area contributed by atoms with Crippen molar-refractivity contribution in [1.82, 2.24) is 0 Å². The fourth-order valence-electron chi connectivity index (χ4n) is 5.33. The van der Waals surface area contributed by atoms with E-state index in [4.69, 9.17) is 9.84 Å². The molecule has 5 atom stereocenters. The molecule has 3 aliphatic rings. The Kier molecular flexibility index (Phi) is 7.93. The van der Waals surface area contributed by atoms with Crippen LogP contribution in [0.25, 0.3) is 0 Å². The number of halogens is 1. The minimum atomic E-state index is -0.741. The molecule has 31 heavy (non-hydrogen) atoms. The number of rotatable bonds is 11. The molecule has 2 bridgehead atoms. The van der Waals surface area contributed by atoms with Gasteiger partial charge in [0, 0.05) is 6.42 Å². The van der Waals surface area contributed by atoms with Gasteiger partial charge in [0.25, 0.3) is 0 Å². The summed E-state index contributed by atoms with van der Waals surface area (Å²) in [6.07, 6.45) is 12.7. The lowest BCUT2D eigenvalue weighted by Crippen LogP contribution is -2.55. The van der Waals surface area contributed by atoms with Crippen molar-refractivity contribution in [1.29, 1.82) is 0 Å². The van der Waals surface area contributed by atoms with Crippen molar-refractivity contribution >= 4 is 5.97 Å². The molecule has 0 unspecified atom stereocenters. The van der Waals surface area contributed by atoms with Gasteiger partial charge in [-0.05, 0) is 85.5 Å². The van der Waals surface area contributed by atoms with Gasteiger partial charge >= 0.3 is 5.97 Å². The zero-order valence-corrected chi connectivity index (χ0v) is 18.5. The summed E-state index contributed by atoms with van der Waals surface area (Å²) >= 11 is 0. The number of aliphatic carboxylic acids is 1. The van der Waals surface area contributed by atoms with Gasteiger partial charge in [0.05, 0.1) is 0 Å². The summed E-state index contributed by atoms with van der Waals surface area (Å²) in [6, 6.07) is 5.80. The van der Waals surface area contributed by atoms with Crippen LogP contribution in [0.2, 0.25) is 0 Å². The Bertz CT molecular complexity index is 783. The van der Waals surface area contributed by atoms with Crippen molar-refractivity contribution < 1.29 is 24.1 Å². The number of allylic oxidation sites excluding steroid dienone is 3. The lowest BCUT2D eigenvalue weighted by molar-refractivity contribution is -0.137. The molecule has 170 valence electrons. The molecule has 5 heteroatoms. The Morgan fingerprint density at radius 3 is 2.68 bits per heavy atom. The molecule has 3 fully saturated rings. The number of carbonyl (C=O) groups is 1. The Balaban J connectivity index is 1.52. The number of carboxylic acid groups (broad SMARTS) is 1. The predicted molar refractivity (Wildman–Crippen MR) is 119 cm³/mol. The molecular formula is C26H35FO4. The highest BCUT2D eigenvalue weighted by Gasteiger charge is 2.56. The number of aliphatic hydroxyl groups excluding tert-OH is 1. The molecule has 1 aromatic carbocycles. The number of hydrogen-bond donors (Lipinski definition) is 2. The number of carboxylic acids is 1. The molecule has 3 saturated carbocycles. The van der Waals surface area contributed by atoms with Gasteiger partial charge in [-0.1, -0.05) is 38.2 Å². The van der Waals surface area contributed by atoms with Gasteiger partial charge in [0.15, 0.2) is 0 Å². The molecule has 0 aromatic heterocycles. The van der Waals surface area contributed by atoms with E-state index in [2.05, 4.69) is 32.1 Å². The van der Waals surface area contributed by atoms with Gasteiger partial charge in [-0.25, -0.2) is 4.39 Å². The third-order valence-corrected chi connectivity index (χ3v) is 7.32. The third kappa shape index (κ3) is 6.19. The van der Waals surface area contributed by atoms with Crippen molar-refractivity contribution in [3.8, 4) is 5.75 Å². The molecule has 3 aliphatic carbocycles. The Morgan fingerprint density at radius 2 is 2.00 bits per heavy atom. The number of benzene rings is 1. The first-order valence-corrected chi connectivity index (χ1v) is 11.4. The average molecular weight is 431 g/mol. The molecule has 1 aromatic rings. The zero-order chi connectivity index (χ0) is 22.4. The van der Waals surface area contributed by atoms with Crippen molar-refractivity contribution in [3.63, 3.8) is 0 Å². The number of hydrogen-bond acceptors (Lipinski definition) is 3. The van der Waals surface area contributed by atoms with E-state index in [0.717, 1.165) is 25.2 Å². The van der Waals surface area contributed by atoms with E-state index in [-0.39, 0.29) is 18.8 Å². The third-order valence-electron chi connectivity index (χ3n) is 7.32. The first kappa shape index (κ1) is 23.5. The zero-order valence-electron chi connectivity index (χ0n) is 18.5. The molecule has 2 N–H and O–H groups in total. The van der Waals surface area contributed by atoms with Gasteiger partial charge in [-0.2, -0.15) is 0 Å². The van der Waals surface area contributed by atoms with Crippen LogP contribution in [-0.2, 0) is 4.79 Å². The van der Waals surface area contributed by atoms with Crippen LogP contribution in [0.15, 0.2) is 48.6 Å². The summed E-state index contributed by atoms with van der Waals surface area (Å²) in [5.74, 6) is 1.87. The molecule has 0 amide bonds. The monoisotopic (exact) mass is 430 g/mol. The summed E-state index contributed by atoms with van der Waals surface area (Å²) in [5, 5.41) is 19.1. The Hall–Kier alpha value is -2.14. The number of aliphatic hydroxyl groups is 1. The van der Waals surface area contributed by atoms with Crippen LogP contribution in [0.1, 0.15) is 52.4 Å². The van der Waals surface area contributed by atoms with Crippen LogP contribution in [0.5, 0.6) is 5.75 Å². The maximum atomic E-state index is 13.0. The summed E-state index contributed by atoms with van der Waals surface area (Å²) in [5.41, 5.74) is 0.371. The van der Waals surface area contributed by atoms with E-state index >= 15 is 0 Å². The molecule has 4 rings (SSSR count). The van der Waals surface area contributed by atoms with Crippen LogP contribution in [0.3, 0.4) is 0 Å². The van der Waals surface area contributed by atoms with Gasteiger partial charge in [-0.3, -0.25) is 4.79 Å². The summed E-state index contributed by atoms with van der Waals surface area (Å²) in [4.78, 5) is 10.6. The lowest BCUT2D eigenvalue weighted by atomic mass is 9.43. The molecule has 0 radical (unpaired) electrons. The normalized spacial score (nSPS) is 27.9. The summed E-state index contributed by atoms with van der Waals surface area (Å²) in [7, 11) is 0. The Morgan fingerprint density at radius 1 is 1.26 bits per heavy atom. The molecule has 0 saturated heterocycles. The highest BCUT2D eigenvalue weighted by atomic mass is 19.1. The SMILES string of the molecule is CC1(C)[C@H]2C[C@H](/C=C/[C@@H](O)COc3ccc(F)cc3)[C@@H](C/C=C/CCCC(=O)O)[C@@H]1C2. The first-order valence-electron chi connectivity index (χ1n) is 11.4. The molecule has 0 spiro atoms.